The zero-order valence-electron chi connectivity index (χ0n) is 9.24. The van der Waals surface area contributed by atoms with Gasteiger partial charge >= 0.3 is 0 Å². The molecule has 0 aliphatic carbocycles. The van der Waals surface area contributed by atoms with Crippen molar-refractivity contribution in [1.82, 2.24) is 20.0 Å². The molecule has 0 unspecified atom stereocenters. The highest BCUT2D eigenvalue weighted by Crippen LogP contribution is 2.17. The summed E-state index contributed by atoms with van der Waals surface area (Å²) in [6.07, 6.45) is 3.45. The van der Waals surface area contributed by atoms with Crippen molar-refractivity contribution in [1.29, 1.82) is 0 Å². The lowest BCUT2D eigenvalue weighted by molar-refractivity contribution is 0.414. The molecule has 0 N–H and O–H groups in total. The molecule has 0 spiro atoms. The summed E-state index contributed by atoms with van der Waals surface area (Å²) in [6, 6.07) is 9.47. The molecule has 2 aromatic heterocycles. The summed E-state index contributed by atoms with van der Waals surface area (Å²) in [5.41, 5.74) is 2.65. The minimum absolute atomic E-state index is 0.816. The third-order valence-electron chi connectivity index (χ3n) is 2.56. The maximum Gasteiger partial charge on any atom is 0.119 e. The average molecular weight is 226 g/mol. The van der Waals surface area contributed by atoms with Gasteiger partial charge in [-0.25, -0.2) is 4.68 Å². The predicted octanol–water partition coefficient (Wildman–Crippen LogP) is 1.82. The molecule has 0 bridgehead atoms. The Hall–Kier alpha value is -2.43. The molecule has 1 aromatic carbocycles. The van der Waals surface area contributed by atoms with E-state index in [0.717, 1.165) is 22.5 Å². The lowest BCUT2D eigenvalue weighted by atomic mass is 10.3. The van der Waals surface area contributed by atoms with Crippen molar-refractivity contribution in [2.75, 3.05) is 7.11 Å². The second kappa shape index (κ2) is 3.86. The summed E-state index contributed by atoms with van der Waals surface area (Å²) in [5.74, 6) is 0.816. The van der Waals surface area contributed by atoms with Gasteiger partial charge in [-0.3, -0.25) is 4.98 Å². The van der Waals surface area contributed by atoms with E-state index in [1.165, 1.54) is 0 Å². The van der Waals surface area contributed by atoms with E-state index in [1.54, 1.807) is 24.2 Å². The maximum atomic E-state index is 5.12. The van der Waals surface area contributed by atoms with Gasteiger partial charge in [-0.05, 0) is 30.3 Å². The van der Waals surface area contributed by atoms with Gasteiger partial charge in [0, 0.05) is 6.20 Å². The molecule has 0 atom stereocenters. The van der Waals surface area contributed by atoms with Crippen LogP contribution in [-0.2, 0) is 0 Å². The predicted molar refractivity (Wildman–Crippen MR) is 63.2 cm³/mol. The van der Waals surface area contributed by atoms with Crippen LogP contribution in [0.3, 0.4) is 0 Å². The third kappa shape index (κ3) is 1.61. The molecule has 0 aliphatic heterocycles. The van der Waals surface area contributed by atoms with Gasteiger partial charge in [0.1, 0.15) is 16.8 Å². The molecule has 0 saturated carbocycles. The molecule has 0 radical (unpaired) electrons. The van der Waals surface area contributed by atoms with Gasteiger partial charge in [0.15, 0.2) is 0 Å². The third-order valence-corrected chi connectivity index (χ3v) is 2.56. The Kier molecular flexibility index (Phi) is 2.22. The van der Waals surface area contributed by atoms with Crippen LogP contribution in [-0.4, -0.2) is 27.1 Å². The van der Waals surface area contributed by atoms with Crippen molar-refractivity contribution in [3.63, 3.8) is 0 Å². The fourth-order valence-corrected chi connectivity index (χ4v) is 1.68. The lowest BCUT2D eigenvalue weighted by Crippen LogP contribution is -1.96. The van der Waals surface area contributed by atoms with Gasteiger partial charge in [0.05, 0.1) is 19.0 Å². The summed E-state index contributed by atoms with van der Waals surface area (Å²) in [7, 11) is 1.64. The van der Waals surface area contributed by atoms with Crippen LogP contribution in [0.15, 0.2) is 42.7 Å². The number of methoxy groups -OCH3 is 1. The summed E-state index contributed by atoms with van der Waals surface area (Å²) >= 11 is 0. The number of hydrogen-bond donors (Lipinski definition) is 0. The Morgan fingerprint density at radius 2 is 1.94 bits per heavy atom. The zero-order valence-corrected chi connectivity index (χ0v) is 9.24. The SMILES string of the molecule is COc1ccc(-n2nnc3ccncc32)cc1. The molecule has 84 valence electrons. The molecule has 0 aliphatic rings. The first-order valence-corrected chi connectivity index (χ1v) is 5.18. The highest BCUT2D eigenvalue weighted by Gasteiger charge is 2.05. The van der Waals surface area contributed by atoms with Crippen LogP contribution >= 0.6 is 0 Å². The van der Waals surface area contributed by atoms with Crippen LogP contribution < -0.4 is 4.74 Å². The Morgan fingerprint density at radius 3 is 2.71 bits per heavy atom. The Morgan fingerprint density at radius 1 is 1.12 bits per heavy atom. The standard InChI is InChI=1S/C12H10N4O/c1-17-10-4-2-9(3-5-10)16-12-8-13-7-6-11(12)14-15-16/h2-8H,1H3. The van der Waals surface area contributed by atoms with Gasteiger partial charge < -0.3 is 4.74 Å². The van der Waals surface area contributed by atoms with E-state index >= 15 is 0 Å². The quantitative estimate of drug-likeness (QED) is 0.668. The van der Waals surface area contributed by atoms with Crippen molar-refractivity contribution >= 4 is 11.0 Å². The van der Waals surface area contributed by atoms with Crippen molar-refractivity contribution < 1.29 is 4.74 Å². The van der Waals surface area contributed by atoms with Crippen molar-refractivity contribution in [2.24, 2.45) is 0 Å². The summed E-state index contributed by atoms with van der Waals surface area (Å²) in [4.78, 5) is 4.08. The van der Waals surface area contributed by atoms with Gasteiger partial charge in [-0.1, -0.05) is 5.21 Å². The Balaban J connectivity index is 2.13. The number of hydrogen-bond acceptors (Lipinski definition) is 4. The average Bonchev–Trinajstić information content (AvgIpc) is 2.83. The summed E-state index contributed by atoms with van der Waals surface area (Å²) < 4.78 is 6.87. The van der Waals surface area contributed by atoms with E-state index in [4.69, 9.17) is 4.74 Å². The molecule has 0 saturated heterocycles. The second-order valence-electron chi connectivity index (χ2n) is 3.56. The van der Waals surface area contributed by atoms with E-state index in [1.807, 2.05) is 30.3 Å². The molecule has 3 rings (SSSR count). The van der Waals surface area contributed by atoms with Crippen LogP contribution in [0, 0.1) is 0 Å². The molecule has 0 amide bonds. The Bertz CT molecular complexity index is 645. The molecular weight excluding hydrogens is 216 g/mol. The maximum absolute atomic E-state index is 5.12. The fourth-order valence-electron chi connectivity index (χ4n) is 1.68. The van der Waals surface area contributed by atoms with E-state index in [2.05, 4.69) is 15.3 Å². The van der Waals surface area contributed by atoms with Crippen molar-refractivity contribution in [3.8, 4) is 11.4 Å². The first-order valence-electron chi connectivity index (χ1n) is 5.18. The minimum Gasteiger partial charge on any atom is -0.497 e. The topological polar surface area (TPSA) is 52.8 Å². The highest BCUT2D eigenvalue weighted by molar-refractivity contribution is 5.74. The molecule has 3 aromatic rings. The summed E-state index contributed by atoms with van der Waals surface area (Å²) in [5, 5.41) is 8.19. The van der Waals surface area contributed by atoms with Crippen LogP contribution in [0.4, 0.5) is 0 Å². The normalized spacial score (nSPS) is 10.6. The van der Waals surface area contributed by atoms with E-state index < -0.39 is 0 Å². The molecule has 2 heterocycles. The number of aromatic nitrogens is 4. The highest BCUT2D eigenvalue weighted by atomic mass is 16.5. The number of nitrogens with zero attached hydrogens (tertiary/aromatic N) is 4. The van der Waals surface area contributed by atoms with Crippen molar-refractivity contribution in [3.05, 3.63) is 42.7 Å². The Labute approximate surface area is 97.7 Å². The van der Waals surface area contributed by atoms with Gasteiger partial charge in [-0.2, -0.15) is 0 Å². The van der Waals surface area contributed by atoms with E-state index in [-0.39, 0.29) is 0 Å². The molecule has 0 fully saturated rings. The van der Waals surface area contributed by atoms with E-state index in [9.17, 15) is 0 Å². The largest absolute Gasteiger partial charge is 0.497 e. The molecule has 17 heavy (non-hydrogen) atoms. The number of pyridine rings is 1. The molecule has 5 nitrogen and oxygen atoms in total. The number of benzene rings is 1. The lowest BCUT2D eigenvalue weighted by Gasteiger charge is -2.03. The summed E-state index contributed by atoms with van der Waals surface area (Å²) in [6.45, 7) is 0. The van der Waals surface area contributed by atoms with Gasteiger partial charge in [-0.15, -0.1) is 5.10 Å². The first-order chi connectivity index (χ1) is 8.38. The van der Waals surface area contributed by atoms with Crippen LogP contribution in [0.1, 0.15) is 0 Å². The second-order valence-corrected chi connectivity index (χ2v) is 3.56. The van der Waals surface area contributed by atoms with Gasteiger partial charge in [0.25, 0.3) is 0 Å². The van der Waals surface area contributed by atoms with Crippen molar-refractivity contribution in [2.45, 2.75) is 0 Å². The first kappa shape index (κ1) is 9.77. The number of fused-ring (bicyclic) bond motifs is 1. The van der Waals surface area contributed by atoms with Gasteiger partial charge in [0.2, 0.25) is 0 Å². The van der Waals surface area contributed by atoms with Crippen LogP contribution in [0.25, 0.3) is 16.7 Å². The van der Waals surface area contributed by atoms with Crippen LogP contribution in [0.5, 0.6) is 5.75 Å². The number of ether oxygens (including phenoxy) is 1. The minimum atomic E-state index is 0.816. The molecule has 5 heteroatoms. The molecular formula is C12H10N4O. The number of rotatable bonds is 2. The monoisotopic (exact) mass is 226 g/mol. The smallest absolute Gasteiger partial charge is 0.119 e. The fraction of sp³-hybridized carbons (Fsp3) is 0.0833. The van der Waals surface area contributed by atoms with Crippen LogP contribution in [0.2, 0.25) is 0 Å². The zero-order chi connectivity index (χ0) is 11.7. The van der Waals surface area contributed by atoms with E-state index in [0.29, 0.717) is 0 Å².